The van der Waals surface area contributed by atoms with Crippen LogP contribution in [-0.4, -0.2) is 38.0 Å². The number of nitrogens with zero attached hydrogens (tertiary/aromatic N) is 2. The summed E-state index contributed by atoms with van der Waals surface area (Å²) in [5.74, 6) is -1.49. The Morgan fingerprint density at radius 1 is 0.973 bits per heavy atom. The Morgan fingerprint density at radius 2 is 1.59 bits per heavy atom. The third-order valence-electron chi connectivity index (χ3n) is 6.60. The van der Waals surface area contributed by atoms with Gasteiger partial charge >= 0.3 is 0 Å². The van der Waals surface area contributed by atoms with Crippen molar-refractivity contribution in [2.24, 2.45) is 0 Å². The molecular formula is C30H31ClN2O4. The van der Waals surface area contributed by atoms with Crippen molar-refractivity contribution in [2.75, 3.05) is 31.0 Å². The van der Waals surface area contributed by atoms with Gasteiger partial charge < -0.3 is 14.7 Å². The van der Waals surface area contributed by atoms with Gasteiger partial charge in [0, 0.05) is 30.5 Å². The summed E-state index contributed by atoms with van der Waals surface area (Å²) in [7, 11) is 5.32. The molecule has 4 rings (SSSR count). The predicted octanol–water partition coefficient (Wildman–Crippen LogP) is 6.34. The molecule has 1 atom stereocenters. The Kier molecular flexibility index (Phi) is 7.07. The highest BCUT2D eigenvalue weighted by atomic mass is 35.5. The Labute approximate surface area is 222 Å². The van der Waals surface area contributed by atoms with Gasteiger partial charge in [0.15, 0.2) is 0 Å². The number of hydrogen-bond acceptors (Lipinski definition) is 5. The minimum Gasteiger partial charge on any atom is -0.507 e. The number of halogens is 1. The van der Waals surface area contributed by atoms with Gasteiger partial charge in [-0.1, -0.05) is 56.6 Å². The lowest BCUT2D eigenvalue weighted by Gasteiger charge is -2.27. The number of hydrogen-bond donors (Lipinski definition) is 1. The largest absolute Gasteiger partial charge is 0.507 e. The molecule has 0 spiro atoms. The van der Waals surface area contributed by atoms with Gasteiger partial charge in [-0.25, -0.2) is 0 Å². The summed E-state index contributed by atoms with van der Waals surface area (Å²) in [6.07, 6.45) is 0. The molecule has 3 aromatic rings. The summed E-state index contributed by atoms with van der Waals surface area (Å²) in [6.45, 7) is 6.35. The zero-order valence-corrected chi connectivity index (χ0v) is 22.6. The Balaban J connectivity index is 1.95. The van der Waals surface area contributed by atoms with E-state index in [0.29, 0.717) is 22.0 Å². The molecule has 0 bridgehead atoms. The lowest BCUT2D eigenvalue weighted by atomic mass is 9.85. The van der Waals surface area contributed by atoms with Crippen LogP contribution in [0.1, 0.15) is 43.5 Å². The number of anilines is 2. The molecule has 1 aliphatic heterocycles. The van der Waals surface area contributed by atoms with Crippen molar-refractivity contribution < 1.29 is 19.4 Å². The minimum atomic E-state index is -0.845. The molecule has 192 valence electrons. The third-order valence-corrected chi connectivity index (χ3v) is 6.83. The van der Waals surface area contributed by atoms with Crippen LogP contribution >= 0.6 is 11.6 Å². The van der Waals surface area contributed by atoms with Crippen LogP contribution in [0.15, 0.2) is 72.3 Å². The van der Waals surface area contributed by atoms with Gasteiger partial charge in [-0.3, -0.25) is 14.5 Å². The number of aliphatic hydroxyl groups is 1. The molecule has 1 amide bonds. The fourth-order valence-electron chi connectivity index (χ4n) is 4.50. The Morgan fingerprint density at radius 3 is 2.14 bits per heavy atom. The van der Waals surface area contributed by atoms with Gasteiger partial charge in [-0.2, -0.15) is 0 Å². The number of amides is 1. The second-order valence-electron chi connectivity index (χ2n) is 10.3. The van der Waals surface area contributed by atoms with E-state index in [1.165, 1.54) is 18.1 Å². The smallest absolute Gasteiger partial charge is 0.300 e. The van der Waals surface area contributed by atoms with Crippen LogP contribution in [-0.2, 0) is 15.0 Å². The molecule has 1 unspecified atom stereocenters. The zero-order chi connectivity index (χ0) is 27.1. The fraction of sp³-hybridized carbons (Fsp3) is 0.267. The summed E-state index contributed by atoms with van der Waals surface area (Å²) in [4.78, 5) is 30.3. The average Bonchev–Trinajstić information content (AvgIpc) is 3.13. The van der Waals surface area contributed by atoms with E-state index in [-0.39, 0.29) is 22.3 Å². The van der Waals surface area contributed by atoms with E-state index in [9.17, 15) is 14.7 Å². The second-order valence-corrected chi connectivity index (χ2v) is 10.7. The molecule has 7 heteroatoms. The number of rotatable bonds is 5. The number of aliphatic hydroxyl groups excluding tert-OH is 1. The van der Waals surface area contributed by atoms with Crippen LogP contribution in [0.25, 0.3) is 5.76 Å². The molecule has 1 aliphatic rings. The predicted molar refractivity (Wildman–Crippen MR) is 149 cm³/mol. The highest BCUT2D eigenvalue weighted by Gasteiger charge is 2.47. The van der Waals surface area contributed by atoms with E-state index >= 15 is 0 Å². The maximum atomic E-state index is 13.5. The Bertz CT molecular complexity index is 1370. The van der Waals surface area contributed by atoms with E-state index in [1.807, 2.05) is 55.4 Å². The molecule has 0 saturated carbocycles. The van der Waals surface area contributed by atoms with Crippen molar-refractivity contribution in [1.29, 1.82) is 0 Å². The van der Waals surface area contributed by atoms with Crippen LogP contribution in [0, 0.1) is 0 Å². The van der Waals surface area contributed by atoms with Crippen molar-refractivity contribution >= 4 is 40.4 Å². The molecule has 0 aromatic heterocycles. The number of Topliss-reactive ketones (excluding diaryl/α,β-unsaturated/α-hetero) is 1. The molecule has 0 radical (unpaired) electrons. The van der Waals surface area contributed by atoms with Crippen molar-refractivity contribution in [3.8, 4) is 5.75 Å². The molecule has 6 nitrogen and oxygen atoms in total. The maximum Gasteiger partial charge on any atom is 0.300 e. The average molecular weight is 519 g/mol. The third kappa shape index (κ3) is 4.94. The molecule has 0 aliphatic carbocycles. The standard InChI is InChI=1S/C30H31ClN2O4/c1-30(2,3)19-9-7-18(8-10-19)26-25(27(34)23-17-20(31)11-16-24(23)37-6)28(35)29(36)33(26)22-14-12-21(13-15-22)32(4)5/h7-17,26,34H,1-6H3/b27-25+. The van der Waals surface area contributed by atoms with Crippen molar-refractivity contribution in [2.45, 2.75) is 32.2 Å². The summed E-state index contributed by atoms with van der Waals surface area (Å²) < 4.78 is 5.42. The zero-order valence-electron chi connectivity index (χ0n) is 21.9. The van der Waals surface area contributed by atoms with E-state index < -0.39 is 17.7 Å². The lowest BCUT2D eigenvalue weighted by molar-refractivity contribution is -0.132. The van der Waals surface area contributed by atoms with E-state index in [1.54, 1.807) is 24.3 Å². The number of ether oxygens (including phenoxy) is 1. The monoisotopic (exact) mass is 518 g/mol. The SMILES string of the molecule is COc1ccc(Cl)cc1/C(O)=C1\C(=O)C(=O)N(c2ccc(N(C)C)cc2)C1c1ccc(C(C)(C)C)cc1. The van der Waals surface area contributed by atoms with Gasteiger partial charge in [0.1, 0.15) is 11.5 Å². The molecule has 37 heavy (non-hydrogen) atoms. The number of benzene rings is 3. The molecule has 1 fully saturated rings. The number of methoxy groups -OCH3 is 1. The Hall–Kier alpha value is -3.77. The second kappa shape index (κ2) is 9.94. The number of carbonyl (C=O) groups is 2. The van der Waals surface area contributed by atoms with Crippen LogP contribution in [0.3, 0.4) is 0 Å². The van der Waals surface area contributed by atoms with Gasteiger partial charge in [-0.05, 0) is 59.0 Å². The maximum absolute atomic E-state index is 13.5. The van der Waals surface area contributed by atoms with Crippen molar-refractivity contribution in [3.63, 3.8) is 0 Å². The van der Waals surface area contributed by atoms with E-state index in [0.717, 1.165) is 11.3 Å². The van der Waals surface area contributed by atoms with E-state index in [2.05, 4.69) is 20.8 Å². The van der Waals surface area contributed by atoms with Gasteiger partial charge in [0.25, 0.3) is 11.7 Å². The van der Waals surface area contributed by atoms with Crippen LogP contribution in [0.5, 0.6) is 5.75 Å². The number of ketones is 1. The van der Waals surface area contributed by atoms with E-state index in [4.69, 9.17) is 16.3 Å². The van der Waals surface area contributed by atoms with Gasteiger partial charge in [-0.15, -0.1) is 0 Å². The molecule has 1 saturated heterocycles. The summed E-state index contributed by atoms with van der Waals surface area (Å²) >= 11 is 6.21. The summed E-state index contributed by atoms with van der Waals surface area (Å²) in [5, 5.41) is 11.8. The lowest BCUT2D eigenvalue weighted by Crippen LogP contribution is -2.29. The van der Waals surface area contributed by atoms with Crippen LogP contribution in [0.4, 0.5) is 11.4 Å². The molecular weight excluding hydrogens is 488 g/mol. The normalized spacial score (nSPS) is 17.3. The summed E-state index contributed by atoms with van der Waals surface area (Å²) in [5.41, 5.74) is 3.46. The molecule has 1 N–H and O–H groups in total. The quantitative estimate of drug-likeness (QED) is 0.242. The highest BCUT2D eigenvalue weighted by Crippen LogP contribution is 2.44. The van der Waals surface area contributed by atoms with Crippen LogP contribution < -0.4 is 14.5 Å². The molecule has 3 aromatic carbocycles. The first-order chi connectivity index (χ1) is 17.4. The van der Waals surface area contributed by atoms with Crippen LogP contribution in [0.2, 0.25) is 5.02 Å². The van der Waals surface area contributed by atoms with Gasteiger partial charge in [0.2, 0.25) is 0 Å². The highest BCUT2D eigenvalue weighted by molar-refractivity contribution is 6.51. The number of carbonyl (C=O) groups excluding carboxylic acids is 2. The van der Waals surface area contributed by atoms with Crippen molar-refractivity contribution in [1.82, 2.24) is 0 Å². The van der Waals surface area contributed by atoms with Gasteiger partial charge in [0.05, 0.1) is 24.3 Å². The van der Waals surface area contributed by atoms with Crippen molar-refractivity contribution in [3.05, 3.63) is 94.0 Å². The molecule has 1 heterocycles. The first-order valence-electron chi connectivity index (χ1n) is 12.0. The topological polar surface area (TPSA) is 70.1 Å². The fourth-order valence-corrected chi connectivity index (χ4v) is 4.67. The summed E-state index contributed by atoms with van der Waals surface area (Å²) in [6, 6.07) is 19.1. The first kappa shape index (κ1) is 26.3. The minimum absolute atomic E-state index is 0.0224. The first-order valence-corrected chi connectivity index (χ1v) is 12.3.